The van der Waals surface area contributed by atoms with Gasteiger partial charge in [0.1, 0.15) is 5.82 Å². The summed E-state index contributed by atoms with van der Waals surface area (Å²) in [5, 5.41) is 9.97. The molecule has 0 spiro atoms. The van der Waals surface area contributed by atoms with Gasteiger partial charge < -0.3 is 10.2 Å². The van der Waals surface area contributed by atoms with Gasteiger partial charge in [-0.1, -0.05) is 0 Å². The van der Waals surface area contributed by atoms with Gasteiger partial charge in [-0.15, -0.1) is 0 Å². The van der Waals surface area contributed by atoms with Crippen LogP contribution < -0.4 is 5.32 Å². The van der Waals surface area contributed by atoms with Crippen LogP contribution in [0.1, 0.15) is 24.5 Å². The number of aryl methyl sites for hydroxylation is 1. The second-order valence-electron chi connectivity index (χ2n) is 4.18. The Kier molecular flexibility index (Phi) is 3.19. The molecule has 1 saturated heterocycles. The van der Waals surface area contributed by atoms with E-state index in [0.717, 1.165) is 25.2 Å². The summed E-state index contributed by atoms with van der Waals surface area (Å²) < 4.78 is 0. The highest BCUT2D eigenvalue weighted by Gasteiger charge is 2.25. The lowest BCUT2D eigenvalue weighted by Crippen LogP contribution is -2.41. The number of hydrogen-bond acceptors (Lipinski definition) is 4. The van der Waals surface area contributed by atoms with Crippen molar-refractivity contribution in [1.29, 1.82) is 0 Å². The van der Waals surface area contributed by atoms with Crippen molar-refractivity contribution in [3.8, 4) is 0 Å². The fourth-order valence-electron chi connectivity index (χ4n) is 1.91. The molecule has 1 amide bonds. The lowest BCUT2D eigenvalue weighted by Gasteiger charge is -2.19. The van der Waals surface area contributed by atoms with E-state index < -0.39 is 0 Å². The van der Waals surface area contributed by atoms with Crippen molar-refractivity contribution >= 4 is 5.91 Å². The molecule has 0 aliphatic carbocycles. The minimum Gasteiger partial charge on any atom is -0.337 e. The van der Waals surface area contributed by atoms with Crippen molar-refractivity contribution in [3.05, 3.63) is 11.6 Å². The van der Waals surface area contributed by atoms with Crippen LogP contribution in [0.3, 0.4) is 0 Å². The highest BCUT2D eigenvalue weighted by atomic mass is 16.2. The Labute approximate surface area is 94.4 Å². The summed E-state index contributed by atoms with van der Waals surface area (Å²) in [6.45, 7) is 3.24. The zero-order chi connectivity index (χ0) is 11.5. The predicted octanol–water partition coefficient (Wildman–Crippen LogP) is -0.176. The van der Waals surface area contributed by atoms with E-state index in [9.17, 15) is 4.79 Å². The largest absolute Gasteiger partial charge is 0.337 e. The van der Waals surface area contributed by atoms with Crippen molar-refractivity contribution in [1.82, 2.24) is 25.4 Å². The summed E-state index contributed by atoms with van der Waals surface area (Å²) in [5.74, 6) is 1.56. The standard InChI is InChI=1S/C10H17N5O/c1-7-12-9(14-13-7)6-15(2)10(16)8-4-3-5-11-8/h8,11H,3-6H2,1-2H3,(H,12,13,14)/t8-/m1/s1. The number of hydrogen-bond donors (Lipinski definition) is 2. The Balaban J connectivity index is 1.91. The number of nitrogens with zero attached hydrogens (tertiary/aromatic N) is 3. The molecule has 0 aromatic carbocycles. The van der Waals surface area contributed by atoms with Crippen LogP contribution in [0.25, 0.3) is 0 Å². The number of carbonyl (C=O) groups is 1. The highest BCUT2D eigenvalue weighted by molar-refractivity contribution is 5.81. The zero-order valence-corrected chi connectivity index (χ0v) is 9.66. The van der Waals surface area contributed by atoms with E-state index in [1.165, 1.54) is 0 Å². The number of aromatic nitrogens is 3. The molecule has 1 aliphatic heterocycles. The molecule has 1 aromatic heterocycles. The number of rotatable bonds is 3. The Morgan fingerprint density at radius 2 is 2.44 bits per heavy atom. The van der Waals surface area contributed by atoms with Gasteiger partial charge in [0.05, 0.1) is 12.6 Å². The molecule has 6 heteroatoms. The van der Waals surface area contributed by atoms with E-state index in [0.29, 0.717) is 12.4 Å². The molecule has 1 aliphatic rings. The lowest BCUT2D eigenvalue weighted by atomic mass is 10.2. The number of carbonyl (C=O) groups excluding carboxylic acids is 1. The van der Waals surface area contributed by atoms with Crippen molar-refractivity contribution in [2.75, 3.05) is 13.6 Å². The minimum atomic E-state index is -0.0231. The number of amides is 1. The normalized spacial score (nSPS) is 20.0. The lowest BCUT2D eigenvalue weighted by molar-refractivity contribution is -0.132. The van der Waals surface area contributed by atoms with Crippen LogP contribution in [0.15, 0.2) is 0 Å². The second-order valence-corrected chi connectivity index (χ2v) is 4.18. The quantitative estimate of drug-likeness (QED) is 0.745. The molecule has 6 nitrogen and oxygen atoms in total. The topological polar surface area (TPSA) is 73.9 Å². The molecule has 2 rings (SSSR count). The monoisotopic (exact) mass is 223 g/mol. The maximum Gasteiger partial charge on any atom is 0.239 e. The first kappa shape index (κ1) is 11.1. The molecule has 2 heterocycles. The molecule has 1 aromatic rings. The van der Waals surface area contributed by atoms with E-state index >= 15 is 0 Å². The van der Waals surface area contributed by atoms with Crippen LogP contribution in [0.4, 0.5) is 0 Å². The smallest absolute Gasteiger partial charge is 0.239 e. The third-order valence-corrected chi connectivity index (χ3v) is 2.76. The van der Waals surface area contributed by atoms with Crippen molar-refractivity contribution in [3.63, 3.8) is 0 Å². The van der Waals surface area contributed by atoms with Crippen LogP contribution >= 0.6 is 0 Å². The molecule has 2 N–H and O–H groups in total. The van der Waals surface area contributed by atoms with Crippen LogP contribution in [0, 0.1) is 6.92 Å². The first-order valence-electron chi connectivity index (χ1n) is 5.53. The molecule has 0 radical (unpaired) electrons. The van der Waals surface area contributed by atoms with Gasteiger partial charge in [-0.05, 0) is 26.3 Å². The van der Waals surface area contributed by atoms with Crippen molar-refractivity contribution in [2.45, 2.75) is 32.4 Å². The molecule has 1 atom stereocenters. The maximum atomic E-state index is 12.0. The molecule has 0 bridgehead atoms. The number of aromatic amines is 1. The SMILES string of the molecule is Cc1nc(CN(C)C(=O)[C@H]2CCCN2)n[nH]1. The Bertz CT molecular complexity index is 369. The zero-order valence-electron chi connectivity index (χ0n) is 9.66. The fraction of sp³-hybridized carbons (Fsp3) is 0.700. The van der Waals surface area contributed by atoms with Gasteiger partial charge in [0.2, 0.25) is 5.91 Å². The summed E-state index contributed by atoms with van der Waals surface area (Å²) in [6.07, 6.45) is 2.00. The first-order chi connectivity index (χ1) is 7.66. The van der Waals surface area contributed by atoms with Crippen molar-refractivity contribution in [2.24, 2.45) is 0 Å². The Hall–Kier alpha value is -1.43. The molecular formula is C10H17N5O. The van der Waals surface area contributed by atoms with E-state index in [1.54, 1.807) is 11.9 Å². The van der Waals surface area contributed by atoms with E-state index in [2.05, 4.69) is 20.5 Å². The summed E-state index contributed by atoms with van der Waals surface area (Å²) in [7, 11) is 1.79. The van der Waals surface area contributed by atoms with E-state index in [-0.39, 0.29) is 11.9 Å². The summed E-state index contributed by atoms with van der Waals surface area (Å²) in [5.41, 5.74) is 0. The average Bonchev–Trinajstić information content (AvgIpc) is 2.88. The molecule has 1 fully saturated rings. The minimum absolute atomic E-state index is 0.0231. The van der Waals surface area contributed by atoms with Gasteiger partial charge in [-0.2, -0.15) is 5.10 Å². The van der Waals surface area contributed by atoms with Gasteiger partial charge in [-0.3, -0.25) is 9.89 Å². The number of likely N-dealkylation sites (N-methyl/N-ethyl adjacent to an activating group) is 1. The van der Waals surface area contributed by atoms with Crippen molar-refractivity contribution < 1.29 is 4.79 Å². The summed E-state index contributed by atoms with van der Waals surface area (Å²) >= 11 is 0. The van der Waals surface area contributed by atoms with E-state index in [4.69, 9.17) is 0 Å². The van der Waals surface area contributed by atoms with Gasteiger partial charge in [-0.25, -0.2) is 4.98 Å². The van der Waals surface area contributed by atoms with Crippen LogP contribution in [-0.4, -0.2) is 45.6 Å². The third-order valence-electron chi connectivity index (χ3n) is 2.76. The van der Waals surface area contributed by atoms with Crippen LogP contribution in [-0.2, 0) is 11.3 Å². The predicted molar refractivity (Wildman–Crippen MR) is 58.6 cm³/mol. The van der Waals surface area contributed by atoms with Crippen LogP contribution in [0.5, 0.6) is 0 Å². The van der Waals surface area contributed by atoms with Gasteiger partial charge in [0.15, 0.2) is 5.82 Å². The second kappa shape index (κ2) is 4.61. The summed E-state index contributed by atoms with van der Waals surface area (Å²) in [6, 6.07) is -0.0231. The number of H-pyrrole nitrogens is 1. The molecule has 0 saturated carbocycles. The number of nitrogens with one attached hydrogen (secondary N) is 2. The fourth-order valence-corrected chi connectivity index (χ4v) is 1.91. The van der Waals surface area contributed by atoms with Gasteiger partial charge in [0, 0.05) is 7.05 Å². The Morgan fingerprint density at radius 1 is 1.62 bits per heavy atom. The molecule has 0 unspecified atom stereocenters. The average molecular weight is 223 g/mol. The highest BCUT2D eigenvalue weighted by Crippen LogP contribution is 2.09. The maximum absolute atomic E-state index is 12.0. The third kappa shape index (κ3) is 2.38. The Morgan fingerprint density at radius 3 is 3.00 bits per heavy atom. The van der Waals surface area contributed by atoms with Crippen LogP contribution in [0.2, 0.25) is 0 Å². The van der Waals surface area contributed by atoms with Gasteiger partial charge >= 0.3 is 0 Å². The first-order valence-corrected chi connectivity index (χ1v) is 5.53. The molecule has 16 heavy (non-hydrogen) atoms. The van der Waals surface area contributed by atoms with Gasteiger partial charge in [0.25, 0.3) is 0 Å². The summed E-state index contributed by atoms with van der Waals surface area (Å²) in [4.78, 5) is 17.8. The van der Waals surface area contributed by atoms with E-state index in [1.807, 2.05) is 6.92 Å². The molecular weight excluding hydrogens is 206 g/mol. The molecule has 88 valence electrons.